The van der Waals surface area contributed by atoms with Gasteiger partial charge in [0.2, 0.25) is 11.8 Å². The van der Waals surface area contributed by atoms with Gasteiger partial charge in [-0.05, 0) is 43.5 Å². The summed E-state index contributed by atoms with van der Waals surface area (Å²) >= 11 is 5.31. The van der Waals surface area contributed by atoms with Crippen molar-refractivity contribution in [1.82, 2.24) is 15.1 Å². The Bertz CT molecular complexity index is 799. The minimum Gasteiger partial charge on any atom is -0.302 e. The Labute approximate surface area is 183 Å². The number of hydrogen-bond donors (Lipinski definition) is 1. The second-order valence-electron chi connectivity index (χ2n) is 8.56. The molecule has 3 fully saturated rings. The third kappa shape index (κ3) is 4.95. The molecule has 1 N–H and O–H groups in total. The van der Waals surface area contributed by atoms with E-state index in [4.69, 9.17) is 12.2 Å². The Hall–Kier alpha value is -2.12. The zero-order valence-electron chi connectivity index (χ0n) is 17.3. The van der Waals surface area contributed by atoms with Crippen LogP contribution < -0.4 is 5.32 Å². The van der Waals surface area contributed by atoms with E-state index < -0.39 is 5.92 Å². The molecular weight excluding hydrogens is 396 g/mol. The van der Waals surface area contributed by atoms with Crippen molar-refractivity contribution < 1.29 is 9.59 Å². The molecule has 1 saturated carbocycles. The molecule has 1 aromatic rings. The first-order valence-corrected chi connectivity index (χ1v) is 11.5. The normalized spacial score (nSPS) is 25.1. The summed E-state index contributed by atoms with van der Waals surface area (Å²) in [6.45, 7) is 2.90. The van der Waals surface area contributed by atoms with Crippen molar-refractivity contribution in [3.63, 3.8) is 0 Å². The second-order valence-corrected chi connectivity index (χ2v) is 8.95. The molecule has 2 heterocycles. The summed E-state index contributed by atoms with van der Waals surface area (Å²) < 4.78 is 0. The molecular formula is C23H30N4O2S. The number of rotatable bonds is 5. The summed E-state index contributed by atoms with van der Waals surface area (Å²) in [6.07, 6.45) is 8.76. The Morgan fingerprint density at radius 3 is 2.43 bits per heavy atom. The van der Waals surface area contributed by atoms with Crippen LogP contribution in [0.2, 0.25) is 0 Å². The Balaban J connectivity index is 1.33. The van der Waals surface area contributed by atoms with Gasteiger partial charge in [-0.1, -0.05) is 49.6 Å². The van der Waals surface area contributed by atoms with Gasteiger partial charge in [0.1, 0.15) is 0 Å². The van der Waals surface area contributed by atoms with Crippen LogP contribution in [0, 0.1) is 5.92 Å². The van der Waals surface area contributed by atoms with Crippen LogP contribution in [0.1, 0.15) is 50.5 Å². The van der Waals surface area contributed by atoms with Crippen molar-refractivity contribution in [2.45, 2.75) is 63.6 Å². The SMILES string of the molecule is O=C1NC(=S)N(C2CCCCC2)C(=O)C1C=NC1CCN(Cc2ccccc2)CC1. The van der Waals surface area contributed by atoms with Crippen molar-refractivity contribution in [1.29, 1.82) is 0 Å². The minimum atomic E-state index is -0.860. The quantitative estimate of drug-likeness (QED) is 0.447. The third-order valence-corrected chi connectivity index (χ3v) is 6.73. The van der Waals surface area contributed by atoms with Gasteiger partial charge < -0.3 is 5.32 Å². The van der Waals surface area contributed by atoms with E-state index in [0.29, 0.717) is 0 Å². The number of likely N-dealkylation sites (tertiary alicyclic amines) is 1. The smallest absolute Gasteiger partial charge is 0.247 e. The first kappa shape index (κ1) is 21.1. The highest BCUT2D eigenvalue weighted by molar-refractivity contribution is 7.80. The molecule has 1 unspecified atom stereocenters. The minimum absolute atomic E-state index is 0.108. The lowest BCUT2D eigenvalue weighted by Gasteiger charge is -2.38. The van der Waals surface area contributed by atoms with Gasteiger partial charge in [-0.3, -0.25) is 24.4 Å². The van der Waals surface area contributed by atoms with Gasteiger partial charge in [-0.2, -0.15) is 0 Å². The predicted octanol–water partition coefficient (Wildman–Crippen LogP) is 2.91. The summed E-state index contributed by atoms with van der Waals surface area (Å²) in [5.41, 5.74) is 1.32. The van der Waals surface area contributed by atoms with Crippen LogP contribution in [0.15, 0.2) is 35.3 Å². The fourth-order valence-corrected chi connectivity index (χ4v) is 5.04. The van der Waals surface area contributed by atoms with Crippen LogP contribution in [0.3, 0.4) is 0 Å². The van der Waals surface area contributed by atoms with E-state index in [1.807, 2.05) is 6.07 Å². The second kappa shape index (κ2) is 9.79. The molecule has 2 aliphatic heterocycles. The van der Waals surface area contributed by atoms with E-state index >= 15 is 0 Å². The summed E-state index contributed by atoms with van der Waals surface area (Å²) in [6, 6.07) is 10.8. The zero-order chi connectivity index (χ0) is 20.9. The van der Waals surface area contributed by atoms with Gasteiger partial charge in [0.15, 0.2) is 11.0 Å². The number of hydrogen-bond acceptors (Lipinski definition) is 5. The van der Waals surface area contributed by atoms with Crippen molar-refractivity contribution in [2.75, 3.05) is 13.1 Å². The number of carbonyl (C=O) groups is 2. The highest BCUT2D eigenvalue weighted by Crippen LogP contribution is 2.26. The van der Waals surface area contributed by atoms with Gasteiger partial charge in [-0.15, -0.1) is 0 Å². The molecule has 0 radical (unpaired) electrons. The highest BCUT2D eigenvalue weighted by atomic mass is 32.1. The molecule has 2 amide bonds. The monoisotopic (exact) mass is 426 g/mol. The molecule has 30 heavy (non-hydrogen) atoms. The molecule has 3 aliphatic rings. The van der Waals surface area contributed by atoms with E-state index in [1.165, 1.54) is 12.0 Å². The Morgan fingerprint density at radius 1 is 1.03 bits per heavy atom. The van der Waals surface area contributed by atoms with Gasteiger partial charge in [0, 0.05) is 31.9 Å². The maximum atomic E-state index is 13.1. The van der Waals surface area contributed by atoms with Gasteiger partial charge in [0.25, 0.3) is 0 Å². The summed E-state index contributed by atoms with van der Waals surface area (Å²) in [7, 11) is 0. The molecule has 1 atom stereocenters. The van der Waals surface area contributed by atoms with Crippen LogP contribution in [0.4, 0.5) is 0 Å². The molecule has 1 aromatic carbocycles. The Kier molecular flexibility index (Phi) is 6.89. The van der Waals surface area contributed by atoms with Crippen molar-refractivity contribution >= 4 is 35.4 Å². The summed E-state index contributed by atoms with van der Waals surface area (Å²) in [4.78, 5) is 34.2. The van der Waals surface area contributed by atoms with Crippen molar-refractivity contribution in [2.24, 2.45) is 10.9 Å². The number of piperidine rings is 1. The third-order valence-electron chi connectivity index (χ3n) is 6.43. The van der Waals surface area contributed by atoms with Gasteiger partial charge in [-0.25, -0.2) is 0 Å². The molecule has 0 spiro atoms. The van der Waals surface area contributed by atoms with E-state index in [0.717, 1.165) is 58.2 Å². The molecule has 2 saturated heterocycles. The number of aliphatic imine (C=N–C) groups is 1. The fraction of sp³-hybridized carbons (Fsp3) is 0.565. The van der Waals surface area contributed by atoms with Crippen LogP contribution >= 0.6 is 12.2 Å². The van der Waals surface area contributed by atoms with E-state index in [2.05, 4.69) is 39.5 Å². The lowest BCUT2D eigenvalue weighted by atomic mass is 9.92. The lowest BCUT2D eigenvalue weighted by Crippen LogP contribution is -2.61. The highest BCUT2D eigenvalue weighted by Gasteiger charge is 2.41. The number of amides is 2. The van der Waals surface area contributed by atoms with E-state index in [1.54, 1.807) is 11.1 Å². The van der Waals surface area contributed by atoms with Crippen molar-refractivity contribution in [3.05, 3.63) is 35.9 Å². The topological polar surface area (TPSA) is 65.0 Å². The number of thiocarbonyl (C=S) groups is 1. The van der Waals surface area contributed by atoms with Crippen LogP contribution in [-0.2, 0) is 16.1 Å². The molecule has 160 valence electrons. The Morgan fingerprint density at radius 2 is 1.73 bits per heavy atom. The largest absolute Gasteiger partial charge is 0.302 e. The average molecular weight is 427 g/mol. The number of carbonyl (C=O) groups excluding carboxylic acids is 2. The first-order chi connectivity index (χ1) is 14.6. The lowest BCUT2D eigenvalue weighted by molar-refractivity contribution is -0.139. The average Bonchev–Trinajstić information content (AvgIpc) is 2.76. The summed E-state index contributed by atoms with van der Waals surface area (Å²) in [5, 5.41) is 2.99. The molecule has 0 bridgehead atoms. The van der Waals surface area contributed by atoms with Gasteiger partial charge >= 0.3 is 0 Å². The van der Waals surface area contributed by atoms with Crippen molar-refractivity contribution in [3.8, 4) is 0 Å². The zero-order valence-corrected chi connectivity index (χ0v) is 18.2. The molecule has 0 aromatic heterocycles. The number of nitrogens with zero attached hydrogens (tertiary/aromatic N) is 3. The van der Waals surface area contributed by atoms with Gasteiger partial charge in [0.05, 0.1) is 6.04 Å². The number of nitrogens with one attached hydrogen (secondary N) is 1. The molecule has 7 heteroatoms. The fourth-order valence-electron chi connectivity index (χ4n) is 4.70. The predicted molar refractivity (Wildman–Crippen MR) is 121 cm³/mol. The maximum Gasteiger partial charge on any atom is 0.247 e. The van der Waals surface area contributed by atoms with E-state index in [9.17, 15) is 9.59 Å². The first-order valence-electron chi connectivity index (χ1n) is 11.1. The number of benzene rings is 1. The van der Waals surface area contributed by atoms with Crippen LogP contribution in [0.25, 0.3) is 0 Å². The van der Waals surface area contributed by atoms with Crippen LogP contribution in [-0.4, -0.2) is 58.1 Å². The molecule has 6 nitrogen and oxygen atoms in total. The summed E-state index contributed by atoms with van der Waals surface area (Å²) in [5.74, 6) is -1.41. The van der Waals surface area contributed by atoms with E-state index in [-0.39, 0.29) is 29.0 Å². The molecule has 4 rings (SSSR count). The maximum absolute atomic E-state index is 13.1. The standard InChI is InChI=1S/C23H30N4O2S/c28-21-20(22(29)27(23(30)25-21)19-9-5-2-6-10-19)15-24-18-11-13-26(14-12-18)16-17-7-3-1-4-8-17/h1,3-4,7-8,15,18-20H,2,5-6,9-14,16H2,(H,25,28,30). The molecule has 1 aliphatic carbocycles. The van der Waals surface area contributed by atoms with Crippen LogP contribution in [0.5, 0.6) is 0 Å².